The molecule has 2 N–H and O–H groups in total. The number of fused-ring (bicyclic) bond motifs is 2. The van der Waals surface area contributed by atoms with Crippen LogP contribution in [0, 0.1) is 0 Å². The Kier molecular flexibility index (Phi) is 5.00. The highest BCUT2D eigenvalue weighted by molar-refractivity contribution is 7.89. The summed E-state index contributed by atoms with van der Waals surface area (Å²) in [6.45, 7) is -0.0621. The molecule has 4 rings (SSSR count). The molecule has 0 saturated heterocycles. The molecule has 0 fully saturated rings. The van der Waals surface area contributed by atoms with E-state index in [1.54, 1.807) is 12.1 Å². The third kappa shape index (κ3) is 3.76. The summed E-state index contributed by atoms with van der Waals surface area (Å²) in [6.07, 6.45) is 3.29. The molecule has 0 aliphatic heterocycles. The second kappa shape index (κ2) is 7.43. The lowest BCUT2D eigenvalue weighted by atomic mass is 9.92. The molecule has 1 atom stereocenters. The monoisotopic (exact) mass is 381 g/mol. The molecular formula is C22H23NO3S. The van der Waals surface area contributed by atoms with Crippen LogP contribution < -0.4 is 4.72 Å². The summed E-state index contributed by atoms with van der Waals surface area (Å²) >= 11 is 0. The molecule has 0 bridgehead atoms. The van der Waals surface area contributed by atoms with Crippen molar-refractivity contribution in [2.24, 2.45) is 0 Å². The summed E-state index contributed by atoms with van der Waals surface area (Å²) in [6, 6.07) is 18.8. The molecule has 0 spiro atoms. The van der Waals surface area contributed by atoms with E-state index in [1.165, 1.54) is 5.56 Å². The van der Waals surface area contributed by atoms with Crippen LogP contribution in [0.1, 0.15) is 35.6 Å². The van der Waals surface area contributed by atoms with Crippen LogP contribution in [0.3, 0.4) is 0 Å². The van der Waals surface area contributed by atoms with E-state index in [9.17, 15) is 13.5 Å². The van der Waals surface area contributed by atoms with E-state index in [-0.39, 0.29) is 11.4 Å². The predicted molar refractivity (Wildman–Crippen MR) is 107 cm³/mol. The number of benzene rings is 3. The average Bonchev–Trinajstić information content (AvgIpc) is 2.71. The molecular weight excluding hydrogens is 358 g/mol. The van der Waals surface area contributed by atoms with Crippen LogP contribution in [0.5, 0.6) is 0 Å². The Bertz CT molecular complexity index is 1070. The Morgan fingerprint density at radius 1 is 0.926 bits per heavy atom. The van der Waals surface area contributed by atoms with E-state index in [1.807, 2.05) is 48.5 Å². The van der Waals surface area contributed by atoms with E-state index in [0.29, 0.717) is 0 Å². The Morgan fingerprint density at radius 3 is 2.52 bits per heavy atom. The summed E-state index contributed by atoms with van der Waals surface area (Å²) in [5.74, 6) is 0. The Hall–Kier alpha value is -2.21. The zero-order valence-corrected chi connectivity index (χ0v) is 15.9. The van der Waals surface area contributed by atoms with Crippen molar-refractivity contribution in [1.82, 2.24) is 4.72 Å². The maximum atomic E-state index is 12.7. The Balaban J connectivity index is 1.53. The van der Waals surface area contributed by atoms with Crippen LogP contribution in [0.25, 0.3) is 10.8 Å². The van der Waals surface area contributed by atoms with Gasteiger partial charge in [-0.05, 0) is 65.3 Å². The first-order valence-corrected chi connectivity index (χ1v) is 10.8. The van der Waals surface area contributed by atoms with Crippen LogP contribution in [0.2, 0.25) is 0 Å². The van der Waals surface area contributed by atoms with Gasteiger partial charge in [-0.3, -0.25) is 0 Å². The van der Waals surface area contributed by atoms with Crippen molar-refractivity contribution in [3.05, 3.63) is 77.4 Å². The first-order valence-electron chi connectivity index (χ1n) is 9.32. The van der Waals surface area contributed by atoms with Crippen molar-refractivity contribution < 1.29 is 13.5 Å². The number of aryl methyl sites for hydroxylation is 2. The van der Waals surface area contributed by atoms with E-state index >= 15 is 0 Å². The van der Waals surface area contributed by atoms with Gasteiger partial charge in [0.1, 0.15) is 0 Å². The van der Waals surface area contributed by atoms with Crippen molar-refractivity contribution in [2.45, 2.75) is 36.7 Å². The quantitative estimate of drug-likeness (QED) is 0.708. The summed E-state index contributed by atoms with van der Waals surface area (Å²) in [7, 11) is -3.66. The Labute approximate surface area is 159 Å². The van der Waals surface area contributed by atoms with Gasteiger partial charge in [0.05, 0.1) is 11.0 Å². The predicted octanol–water partition coefficient (Wildman–Crippen LogP) is 3.73. The van der Waals surface area contributed by atoms with Gasteiger partial charge in [-0.25, -0.2) is 13.1 Å². The van der Waals surface area contributed by atoms with Crippen molar-refractivity contribution in [2.75, 3.05) is 6.54 Å². The van der Waals surface area contributed by atoms with Crippen LogP contribution in [0.4, 0.5) is 0 Å². The smallest absolute Gasteiger partial charge is 0.240 e. The number of aliphatic hydroxyl groups excluding tert-OH is 1. The fourth-order valence-corrected chi connectivity index (χ4v) is 4.89. The van der Waals surface area contributed by atoms with Crippen molar-refractivity contribution in [3.63, 3.8) is 0 Å². The van der Waals surface area contributed by atoms with Crippen LogP contribution >= 0.6 is 0 Å². The normalized spacial score (nSPS) is 15.4. The van der Waals surface area contributed by atoms with Gasteiger partial charge in [0.15, 0.2) is 0 Å². The molecule has 0 heterocycles. The zero-order chi connectivity index (χ0) is 18.9. The highest BCUT2D eigenvalue weighted by atomic mass is 32.2. The maximum absolute atomic E-state index is 12.7. The first kappa shape index (κ1) is 18.2. The number of nitrogens with one attached hydrogen (secondary N) is 1. The molecule has 4 nitrogen and oxygen atoms in total. The van der Waals surface area contributed by atoms with Gasteiger partial charge in [-0.1, -0.05) is 48.5 Å². The van der Waals surface area contributed by atoms with E-state index < -0.39 is 16.1 Å². The topological polar surface area (TPSA) is 66.4 Å². The number of hydrogen-bond donors (Lipinski definition) is 2. The van der Waals surface area contributed by atoms with Crippen LogP contribution in [-0.2, 0) is 22.9 Å². The number of hydrogen-bond acceptors (Lipinski definition) is 3. The second-order valence-electron chi connectivity index (χ2n) is 7.07. The standard InChI is InChI=1S/C22H23NO3S/c24-22(21-11-5-9-17-7-3-4-10-20(17)21)15-23-27(25,26)19-13-12-16-6-1-2-8-18(16)14-19/h3-5,7,9-14,22-24H,1-2,6,8,15H2. The highest BCUT2D eigenvalue weighted by Crippen LogP contribution is 2.26. The Morgan fingerprint density at radius 2 is 1.67 bits per heavy atom. The van der Waals surface area contributed by atoms with E-state index in [4.69, 9.17) is 0 Å². The number of rotatable bonds is 5. The van der Waals surface area contributed by atoms with Gasteiger partial charge in [0, 0.05) is 6.54 Å². The van der Waals surface area contributed by atoms with Gasteiger partial charge in [-0.2, -0.15) is 0 Å². The van der Waals surface area contributed by atoms with Gasteiger partial charge >= 0.3 is 0 Å². The molecule has 0 radical (unpaired) electrons. The molecule has 5 heteroatoms. The lowest BCUT2D eigenvalue weighted by molar-refractivity contribution is 0.183. The number of aliphatic hydroxyl groups is 1. The average molecular weight is 381 g/mol. The third-order valence-electron chi connectivity index (χ3n) is 5.28. The molecule has 1 aliphatic carbocycles. The van der Waals surface area contributed by atoms with Gasteiger partial charge in [-0.15, -0.1) is 0 Å². The minimum absolute atomic E-state index is 0.0621. The van der Waals surface area contributed by atoms with Gasteiger partial charge < -0.3 is 5.11 Å². The molecule has 1 unspecified atom stereocenters. The fraction of sp³-hybridized carbons (Fsp3) is 0.273. The highest BCUT2D eigenvalue weighted by Gasteiger charge is 2.20. The molecule has 0 aromatic heterocycles. The van der Waals surface area contributed by atoms with Gasteiger partial charge in [0.25, 0.3) is 0 Å². The lowest BCUT2D eigenvalue weighted by Crippen LogP contribution is -2.28. The fourth-order valence-electron chi connectivity index (χ4n) is 3.80. The minimum atomic E-state index is -3.66. The van der Waals surface area contributed by atoms with Crippen LogP contribution in [-0.4, -0.2) is 20.1 Å². The second-order valence-corrected chi connectivity index (χ2v) is 8.84. The summed E-state index contributed by atoms with van der Waals surface area (Å²) in [5, 5.41) is 12.5. The third-order valence-corrected chi connectivity index (χ3v) is 6.70. The first-order chi connectivity index (χ1) is 13.0. The van der Waals surface area contributed by atoms with Crippen LogP contribution in [0.15, 0.2) is 65.6 Å². The van der Waals surface area contributed by atoms with Crippen molar-refractivity contribution in [1.29, 1.82) is 0 Å². The number of sulfonamides is 1. The summed E-state index contributed by atoms with van der Waals surface area (Å²) < 4.78 is 28.0. The molecule has 1 aliphatic rings. The van der Waals surface area contributed by atoms with Crippen molar-refractivity contribution in [3.8, 4) is 0 Å². The molecule has 0 amide bonds. The SMILES string of the molecule is O=S(=O)(NCC(O)c1cccc2ccccc12)c1ccc2c(c1)CCCC2. The summed E-state index contributed by atoms with van der Waals surface area (Å²) in [4.78, 5) is 0.272. The maximum Gasteiger partial charge on any atom is 0.240 e. The molecule has 0 saturated carbocycles. The van der Waals surface area contributed by atoms with E-state index in [2.05, 4.69) is 4.72 Å². The summed E-state index contributed by atoms with van der Waals surface area (Å²) in [5.41, 5.74) is 3.09. The van der Waals surface area contributed by atoms with Gasteiger partial charge in [0.2, 0.25) is 10.0 Å². The molecule has 3 aromatic carbocycles. The minimum Gasteiger partial charge on any atom is -0.387 e. The molecule has 140 valence electrons. The molecule has 27 heavy (non-hydrogen) atoms. The molecule has 3 aromatic rings. The largest absolute Gasteiger partial charge is 0.387 e. The van der Waals surface area contributed by atoms with Crippen molar-refractivity contribution >= 4 is 20.8 Å². The van der Waals surface area contributed by atoms with E-state index in [0.717, 1.165) is 47.6 Å². The zero-order valence-electron chi connectivity index (χ0n) is 15.1. The lowest BCUT2D eigenvalue weighted by Gasteiger charge is -2.18.